The normalized spacial score (nSPS) is 10.7. The molecule has 118 valence electrons. The van der Waals surface area contributed by atoms with Crippen molar-refractivity contribution in [2.75, 3.05) is 11.9 Å². The molecule has 2 amide bonds. The lowest BCUT2D eigenvalue weighted by Crippen LogP contribution is -2.39. The molecule has 0 aromatic heterocycles. The highest BCUT2D eigenvalue weighted by Gasteiger charge is 2.21. The molecule has 0 radical (unpaired) electrons. The number of urea groups is 1. The molecule has 2 aromatic rings. The summed E-state index contributed by atoms with van der Waals surface area (Å²) in [6.07, 6.45) is 0. The van der Waals surface area contributed by atoms with E-state index in [4.69, 9.17) is 5.26 Å². The van der Waals surface area contributed by atoms with Crippen molar-refractivity contribution < 1.29 is 9.18 Å². The lowest BCUT2D eigenvalue weighted by atomic mass is 9.85. The molecule has 0 unspecified atom stereocenters. The molecule has 5 heteroatoms. The minimum Gasteiger partial charge on any atom is -0.337 e. The van der Waals surface area contributed by atoms with Gasteiger partial charge in [0.1, 0.15) is 11.9 Å². The first-order valence-corrected chi connectivity index (χ1v) is 7.22. The third kappa shape index (κ3) is 4.30. The Morgan fingerprint density at radius 2 is 1.91 bits per heavy atom. The summed E-state index contributed by atoms with van der Waals surface area (Å²) in [4.78, 5) is 12.0. The second-order valence-corrected chi connectivity index (χ2v) is 5.86. The van der Waals surface area contributed by atoms with E-state index in [2.05, 4.69) is 10.6 Å². The largest absolute Gasteiger partial charge is 0.337 e. The Labute approximate surface area is 134 Å². The first kappa shape index (κ1) is 16.5. The van der Waals surface area contributed by atoms with Gasteiger partial charge in [-0.3, -0.25) is 0 Å². The third-order valence-corrected chi connectivity index (χ3v) is 3.60. The van der Waals surface area contributed by atoms with Gasteiger partial charge in [0.2, 0.25) is 0 Å². The molecule has 0 bridgehead atoms. The Morgan fingerprint density at radius 3 is 2.57 bits per heavy atom. The Morgan fingerprint density at radius 1 is 1.22 bits per heavy atom. The van der Waals surface area contributed by atoms with E-state index >= 15 is 0 Å². The lowest BCUT2D eigenvalue weighted by Gasteiger charge is -2.25. The molecule has 0 atom stereocenters. The first-order chi connectivity index (χ1) is 10.9. The van der Waals surface area contributed by atoms with Crippen LogP contribution in [0, 0.1) is 17.1 Å². The maximum absolute atomic E-state index is 13.1. The summed E-state index contributed by atoms with van der Waals surface area (Å²) in [5.41, 5.74) is 1.24. The van der Waals surface area contributed by atoms with E-state index in [1.54, 1.807) is 0 Å². The average molecular weight is 311 g/mol. The van der Waals surface area contributed by atoms with Crippen molar-refractivity contribution in [3.05, 3.63) is 65.5 Å². The molecular formula is C18H18FN3O. The van der Waals surface area contributed by atoms with Crippen molar-refractivity contribution in [1.82, 2.24) is 5.32 Å². The number of hydrogen-bond donors (Lipinski definition) is 2. The van der Waals surface area contributed by atoms with E-state index in [-0.39, 0.29) is 16.7 Å². The SMILES string of the molecule is CC(C)(CNC(=O)Nc1ccc(F)cc1C#N)c1ccccc1. The fourth-order valence-electron chi connectivity index (χ4n) is 2.18. The van der Waals surface area contributed by atoms with Crippen LogP contribution in [0.5, 0.6) is 0 Å². The summed E-state index contributed by atoms with van der Waals surface area (Å²) in [6.45, 7) is 4.48. The number of rotatable bonds is 4. The summed E-state index contributed by atoms with van der Waals surface area (Å²) in [7, 11) is 0. The number of nitrogens with one attached hydrogen (secondary N) is 2. The topological polar surface area (TPSA) is 64.9 Å². The Balaban J connectivity index is 2.00. The van der Waals surface area contributed by atoms with Crippen LogP contribution in [0.2, 0.25) is 0 Å². The van der Waals surface area contributed by atoms with E-state index in [1.165, 1.54) is 12.1 Å². The van der Waals surface area contributed by atoms with E-state index < -0.39 is 11.8 Å². The smallest absolute Gasteiger partial charge is 0.319 e. The molecule has 0 saturated carbocycles. The molecule has 23 heavy (non-hydrogen) atoms. The van der Waals surface area contributed by atoms with Crippen molar-refractivity contribution in [1.29, 1.82) is 5.26 Å². The maximum Gasteiger partial charge on any atom is 0.319 e. The van der Waals surface area contributed by atoms with Crippen LogP contribution >= 0.6 is 0 Å². The molecular weight excluding hydrogens is 293 g/mol. The van der Waals surface area contributed by atoms with E-state index in [0.29, 0.717) is 6.54 Å². The van der Waals surface area contributed by atoms with Gasteiger partial charge in [-0.25, -0.2) is 9.18 Å². The molecule has 4 nitrogen and oxygen atoms in total. The van der Waals surface area contributed by atoms with Crippen molar-refractivity contribution in [2.24, 2.45) is 0 Å². The number of carbonyl (C=O) groups excluding carboxylic acids is 1. The van der Waals surface area contributed by atoms with Crippen LogP contribution in [0.25, 0.3) is 0 Å². The summed E-state index contributed by atoms with van der Waals surface area (Å²) in [5.74, 6) is -0.516. The molecule has 0 aliphatic rings. The van der Waals surface area contributed by atoms with Gasteiger partial charge in [0.05, 0.1) is 11.3 Å². The van der Waals surface area contributed by atoms with Crippen molar-refractivity contribution in [3.8, 4) is 6.07 Å². The van der Waals surface area contributed by atoms with Gasteiger partial charge < -0.3 is 10.6 Å². The number of anilines is 1. The number of hydrogen-bond acceptors (Lipinski definition) is 2. The zero-order valence-electron chi connectivity index (χ0n) is 13.1. The second-order valence-electron chi connectivity index (χ2n) is 5.86. The van der Waals surface area contributed by atoms with Crippen LogP contribution in [-0.2, 0) is 5.41 Å². The highest BCUT2D eigenvalue weighted by Crippen LogP contribution is 2.22. The predicted molar refractivity (Wildman–Crippen MR) is 87.6 cm³/mol. The van der Waals surface area contributed by atoms with Gasteiger partial charge in [0.15, 0.2) is 0 Å². The van der Waals surface area contributed by atoms with Crippen LogP contribution in [0.15, 0.2) is 48.5 Å². The van der Waals surface area contributed by atoms with Gasteiger partial charge in [0.25, 0.3) is 0 Å². The Hall–Kier alpha value is -2.87. The molecule has 0 fully saturated rings. The van der Waals surface area contributed by atoms with Crippen LogP contribution in [0.1, 0.15) is 25.0 Å². The lowest BCUT2D eigenvalue weighted by molar-refractivity contribution is 0.249. The summed E-state index contributed by atoms with van der Waals surface area (Å²) < 4.78 is 13.1. The molecule has 0 saturated heterocycles. The quantitative estimate of drug-likeness (QED) is 0.902. The van der Waals surface area contributed by atoms with Crippen LogP contribution in [0.3, 0.4) is 0 Å². The highest BCUT2D eigenvalue weighted by molar-refractivity contribution is 5.90. The monoisotopic (exact) mass is 311 g/mol. The first-order valence-electron chi connectivity index (χ1n) is 7.22. The Kier molecular flexibility index (Phi) is 4.97. The van der Waals surface area contributed by atoms with Crippen LogP contribution < -0.4 is 10.6 Å². The second kappa shape index (κ2) is 6.93. The number of nitrogens with zero attached hydrogens (tertiary/aromatic N) is 1. The predicted octanol–water partition coefficient (Wildman–Crippen LogP) is 3.80. The van der Waals surface area contributed by atoms with Gasteiger partial charge in [0, 0.05) is 12.0 Å². The minimum atomic E-state index is -0.516. The molecule has 2 rings (SSSR count). The number of amides is 2. The summed E-state index contributed by atoms with van der Waals surface area (Å²) in [6, 6.07) is 14.9. The van der Waals surface area contributed by atoms with Gasteiger partial charge in [-0.2, -0.15) is 5.26 Å². The van der Waals surface area contributed by atoms with E-state index in [9.17, 15) is 9.18 Å². The van der Waals surface area contributed by atoms with E-state index in [1.807, 2.05) is 50.2 Å². The minimum absolute atomic E-state index is 0.0856. The average Bonchev–Trinajstić information content (AvgIpc) is 2.55. The maximum atomic E-state index is 13.1. The number of nitriles is 1. The van der Waals surface area contributed by atoms with Crippen LogP contribution in [0.4, 0.5) is 14.9 Å². The summed E-state index contributed by atoms with van der Waals surface area (Å²) in [5, 5.41) is 14.3. The number of benzene rings is 2. The van der Waals surface area contributed by atoms with Gasteiger partial charge >= 0.3 is 6.03 Å². The fraction of sp³-hybridized carbons (Fsp3) is 0.222. The molecule has 2 N–H and O–H groups in total. The molecule has 0 heterocycles. The highest BCUT2D eigenvalue weighted by atomic mass is 19.1. The zero-order chi connectivity index (χ0) is 16.9. The standard InChI is InChI=1S/C18H18FN3O/c1-18(2,14-6-4-3-5-7-14)12-21-17(23)22-16-9-8-15(19)10-13(16)11-20/h3-10H,12H2,1-2H3,(H2,21,22,23). The van der Waals surface area contributed by atoms with Crippen molar-refractivity contribution in [3.63, 3.8) is 0 Å². The molecule has 0 aliphatic carbocycles. The third-order valence-electron chi connectivity index (χ3n) is 3.60. The van der Waals surface area contributed by atoms with E-state index in [0.717, 1.165) is 11.6 Å². The Bertz CT molecular complexity index is 736. The van der Waals surface area contributed by atoms with Gasteiger partial charge in [-0.15, -0.1) is 0 Å². The summed E-state index contributed by atoms with van der Waals surface area (Å²) >= 11 is 0. The van der Waals surface area contributed by atoms with Gasteiger partial charge in [-0.05, 0) is 23.8 Å². The van der Waals surface area contributed by atoms with Gasteiger partial charge in [-0.1, -0.05) is 44.2 Å². The zero-order valence-corrected chi connectivity index (χ0v) is 13.1. The number of carbonyl (C=O) groups is 1. The molecule has 0 aliphatic heterocycles. The fourth-order valence-corrected chi connectivity index (χ4v) is 2.18. The van der Waals surface area contributed by atoms with Crippen LogP contribution in [-0.4, -0.2) is 12.6 Å². The molecule has 2 aromatic carbocycles. The van der Waals surface area contributed by atoms with Crippen molar-refractivity contribution in [2.45, 2.75) is 19.3 Å². The van der Waals surface area contributed by atoms with Crippen molar-refractivity contribution >= 4 is 11.7 Å². The molecule has 0 spiro atoms. The number of halogens is 1.